The van der Waals surface area contributed by atoms with Crippen LogP contribution in [0, 0.1) is 11.3 Å². The van der Waals surface area contributed by atoms with Gasteiger partial charge in [0.05, 0.1) is 15.8 Å². The first-order chi connectivity index (χ1) is 15.2. The molecule has 3 rings (SSSR count). The third-order valence-electron chi connectivity index (χ3n) is 6.02. The van der Waals surface area contributed by atoms with Gasteiger partial charge in [-0.1, -0.05) is 48.6 Å². The zero-order chi connectivity index (χ0) is 23.1. The number of carboxylic acid groups (broad SMARTS) is 1. The molecule has 2 aromatic rings. The molecule has 174 valence electrons. The fraction of sp³-hybridized carbons (Fsp3) is 0.542. The van der Waals surface area contributed by atoms with Crippen molar-refractivity contribution in [2.45, 2.75) is 63.1 Å². The van der Waals surface area contributed by atoms with Gasteiger partial charge in [0.1, 0.15) is 0 Å². The number of thiazole rings is 1. The van der Waals surface area contributed by atoms with Gasteiger partial charge in [-0.2, -0.15) is 0 Å². The van der Waals surface area contributed by atoms with Crippen LogP contribution < -0.4 is 5.32 Å². The molecule has 0 unspecified atom stereocenters. The van der Waals surface area contributed by atoms with Gasteiger partial charge < -0.3 is 10.0 Å². The van der Waals surface area contributed by atoms with Crippen LogP contribution in [0.2, 0.25) is 0 Å². The van der Waals surface area contributed by atoms with Crippen LogP contribution >= 0.6 is 23.1 Å². The van der Waals surface area contributed by atoms with Crippen LogP contribution in [0.5, 0.6) is 0 Å². The third kappa shape index (κ3) is 6.97. The number of carbonyl (C=O) groups excluding carboxylic acids is 1. The maximum Gasteiger partial charge on any atom is 0.323 e. The van der Waals surface area contributed by atoms with E-state index >= 15 is 0 Å². The molecule has 0 radical (unpaired) electrons. The lowest BCUT2D eigenvalue weighted by Gasteiger charge is -2.36. The van der Waals surface area contributed by atoms with Crippen molar-refractivity contribution in [3.8, 4) is 0 Å². The number of hydrogen-bond donors (Lipinski definition) is 2. The molecule has 1 aromatic heterocycles. The van der Waals surface area contributed by atoms with Crippen LogP contribution in [0.25, 0.3) is 0 Å². The van der Waals surface area contributed by atoms with Gasteiger partial charge in [0.15, 0.2) is 5.13 Å². The molecule has 0 saturated heterocycles. The Morgan fingerprint density at radius 1 is 1.22 bits per heavy atom. The predicted octanol–water partition coefficient (Wildman–Crippen LogP) is 6.00. The van der Waals surface area contributed by atoms with Crippen molar-refractivity contribution in [2.75, 3.05) is 17.6 Å². The topological polar surface area (TPSA) is 82.5 Å². The number of aliphatic carboxylic acids is 1. The molecular formula is C24H33N3O3S2. The number of rotatable bonds is 9. The van der Waals surface area contributed by atoms with Gasteiger partial charge in [0.25, 0.3) is 0 Å². The Labute approximate surface area is 198 Å². The van der Waals surface area contributed by atoms with Crippen molar-refractivity contribution in [1.29, 1.82) is 0 Å². The number of aromatic nitrogens is 1. The van der Waals surface area contributed by atoms with E-state index in [-0.39, 0.29) is 12.1 Å². The summed E-state index contributed by atoms with van der Waals surface area (Å²) >= 11 is 2.85. The lowest BCUT2D eigenvalue weighted by atomic mass is 9.86. The van der Waals surface area contributed by atoms with E-state index in [9.17, 15) is 14.7 Å². The number of carboxylic acids is 1. The summed E-state index contributed by atoms with van der Waals surface area (Å²) in [5.41, 5.74) is 0.410. The van der Waals surface area contributed by atoms with Crippen LogP contribution in [0.15, 0.2) is 40.7 Å². The van der Waals surface area contributed by atoms with Crippen LogP contribution in [0.3, 0.4) is 0 Å². The first kappa shape index (κ1) is 24.6. The minimum absolute atomic E-state index is 0.0998. The van der Waals surface area contributed by atoms with Crippen molar-refractivity contribution in [1.82, 2.24) is 9.88 Å². The summed E-state index contributed by atoms with van der Waals surface area (Å²) in [4.78, 5) is 30.9. The van der Waals surface area contributed by atoms with E-state index in [0.717, 1.165) is 42.2 Å². The third-order valence-corrected chi connectivity index (χ3v) is 8.59. The minimum atomic E-state index is -0.820. The van der Waals surface area contributed by atoms with Crippen LogP contribution in [-0.4, -0.2) is 45.3 Å². The highest BCUT2D eigenvalue weighted by atomic mass is 32.2. The van der Waals surface area contributed by atoms with Gasteiger partial charge in [-0.3, -0.25) is 10.1 Å². The first-order valence-corrected chi connectivity index (χ1v) is 13.0. The van der Waals surface area contributed by atoms with Gasteiger partial charge >= 0.3 is 12.0 Å². The van der Waals surface area contributed by atoms with E-state index < -0.39 is 11.4 Å². The Morgan fingerprint density at radius 3 is 2.56 bits per heavy atom. The number of benzene rings is 1. The van der Waals surface area contributed by atoms with E-state index in [0.29, 0.717) is 17.4 Å². The van der Waals surface area contributed by atoms with E-state index in [1.54, 1.807) is 20.0 Å². The molecule has 2 N–H and O–H groups in total. The normalized spacial score (nSPS) is 18.8. The zero-order valence-electron chi connectivity index (χ0n) is 19.0. The summed E-state index contributed by atoms with van der Waals surface area (Å²) in [7, 11) is 0. The molecule has 1 aliphatic rings. The second-order valence-electron chi connectivity index (χ2n) is 9.24. The maximum atomic E-state index is 13.2. The van der Waals surface area contributed by atoms with Crippen LogP contribution in [-0.2, 0) is 11.2 Å². The molecule has 8 heteroatoms. The number of thioether (sulfide) groups is 1. The standard InChI is InChI=1S/C24H33N3O3S2/c1-17-9-11-19(12-10-17)27(14-13-18-7-5-4-6-8-18)23(30)26-22-25-15-20(32-22)31-16-24(2,3)21(28)29/h4-8,15,17,19H,9-14,16H2,1-3H3,(H,28,29)(H,25,26,30). The summed E-state index contributed by atoms with van der Waals surface area (Å²) in [6, 6.07) is 10.4. The summed E-state index contributed by atoms with van der Waals surface area (Å²) in [5.74, 6) is 0.347. The Bertz CT molecular complexity index is 893. The Morgan fingerprint density at radius 2 is 1.91 bits per heavy atom. The number of nitrogens with zero attached hydrogens (tertiary/aromatic N) is 2. The maximum absolute atomic E-state index is 13.2. The summed E-state index contributed by atoms with van der Waals surface area (Å²) in [6.07, 6.45) is 6.90. The van der Waals surface area contributed by atoms with Crippen molar-refractivity contribution in [3.05, 3.63) is 42.1 Å². The summed E-state index contributed by atoms with van der Waals surface area (Å²) < 4.78 is 0.900. The monoisotopic (exact) mass is 475 g/mol. The highest BCUT2D eigenvalue weighted by Crippen LogP contribution is 2.34. The smallest absolute Gasteiger partial charge is 0.323 e. The average molecular weight is 476 g/mol. The van der Waals surface area contributed by atoms with Gasteiger partial charge in [0.2, 0.25) is 0 Å². The summed E-state index contributed by atoms with van der Waals surface area (Å²) in [6.45, 7) is 6.38. The molecule has 1 aromatic carbocycles. The largest absolute Gasteiger partial charge is 0.481 e. The molecule has 2 amide bonds. The lowest BCUT2D eigenvalue weighted by Crippen LogP contribution is -2.45. The fourth-order valence-corrected chi connectivity index (χ4v) is 5.70. The second kappa shape index (κ2) is 11.2. The van der Waals surface area contributed by atoms with Crippen LogP contribution in [0.1, 0.15) is 52.0 Å². The molecule has 0 aliphatic heterocycles. The van der Waals surface area contributed by atoms with E-state index in [1.165, 1.54) is 28.7 Å². The highest BCUT2D eigenvalue weighted by molar-refractivity contribution is 8.01. The van der Waals surface area contributed by atoms with E-state index in [2.05, 4.69) is 29.4 Å². The number of amides is 2. The second-order valence-corrected chi connectivity index (χ2v) is 11.5. The van der Waals surface area contributed by atoms with Crippen molar-refractivity contribution < 1.29 is 14.7 Å². The number of nitrogens with one attached hydrogen (secondary N) is 1. The lowest BCUT2D eigenvalue weighted by molar-refractivity contribution is -0.145. The number of hydrogen-bond acceptors (Lipinski definition) is 5. The molecule has 1 heterocycles. The first-order valence-electron chi connectivity index (χ1n) is 11.2. The Balaban J connectivity index is 1.62. The van der Waals surface area contributed by atoms with Crippen molar-refractivity contribution in [2.24, 2.45) is 11.3 Å². The average Bonchev–Trinajstić information content (AvgIpc) is 3.21. The SMILES string of the molecule is CC1CCC(N(CCc2ccccc2)C(=O)Nc2ncc(SCC(C)(C)C(=O)O)s2)CC1. The van der Waals surface area contributed by atoms with Crippen molar-refractivity contribution >= 4 is 40.2 Å². The van der Waals surface area contributed by atoms with Crippen molar-refractivity contribution in [3.63, 3.8) is 0 Å². The molecule has 32 heavy (non-hydrogen) atoms. The molecular weight excluding hydrogens is 442 g/mol. The highest BCUT2D eigenvalue weighted by Gasteiger charge is 2.29. The van der Waals surface area contributed by atoms with Gasteiger partial charge in [-0.15, -0.1) is 11.8 Å². The minimum Gasteiger partial charge on any atom is -0.481 e. The summed E-state index contributed by atoms with van der Waals surface area (Å²) in [5, 5.41) is 12.8. The fourth-order valence-electron chi connectivity index (χ4n) is 3.76. The van der Waals surface area contributed by atoms with Gasteiger partial charge in [-0.25, -0.2) is 9.78 Å². The molecule has 0 atom stereocenters. The number of urea groups is 1. The van der Waals surface area contributed by atoms with E-state index in [4.69, 9.17) is 0 Å². The molecule has 1 fully saturated rings. The molecule has 0 bridgehead atoms. The molecule has 1 saturated carbocycles. The molecule has 1 aliphatic carbocycles. The molecule has 6 nitrogen and oxygen atoms in total. The number of carbonyl (C=O) groups is 2. The van der Waals surface area contributed by atoms with Gasteiger partial charge in [-0.05, 0) is 57.4 Å². The Hall–Kier alpha value is -2.06. The zero-order valence-corrected chi connectivity index (χ0v) is 20.7. The quantitative estimate of drug-likeness (QED) is 0.435. The Kier molecular flexibility index (Phi) is 8.59. The van der Waals surface area contributed by atoms with E-state index in [1.807, 2.05) is 23.1 Å². The number of anilines is 1. The van der Waals surface area contributed by atoms with Gasteiger partial charge in [0, 0.05) is 18.3 Å². The van der Waals surface area contributed by atoms with Crippen LogP contribution in [0.4, 0.5) is 9.93 Å². The predicted molar refractivity (Wildman–Crippen MR) is 132 cm³/mol. The molecule has 0 spiro atoms.